The molecule has 1 aromatic carbocycles. The number of unbranched alkanes of at least 4 members (excludes halogenated alkanes) is 4. The summed E-state index contributed by atoms with van der Waals surface area (Å²) in [6.45, 7) is 4.80. The third-order valence-corrected chi connectivity index (χ3v) is 4.11. The van der Waals surface area contributed by atoms with Gasteiger partial charge in [0.25, 0.3) is 5.56 Å². The Morgan fingerprint density at radius 2 is 1.76 bits per heavy atom. The highest BCUT2D eigenvalue weighted by atomic mass is 16.2. The van der Waals surface area contributed by atoms with Gasteiger partial charge in [-0.1, -0.05) is 62.4 Å². The Labute approximate surface area is 149 Å². The van der Waals surface area contributed by atoms with Crippen LogP contribution in [0.2, 0.25) is 0 Å². The summed E-state index contributed by atoms with van der Waals surface area (Å²) in [5, 5.41) is 7.19. The van der Waals surface area contributed by atoms with Gasteiger partial charge in [-0.15, -0.1) is 0 Å². The molecule has 0 atom stereocenters. The van der Waals surface area contributed by atoms with E-state index in [-0.39, 0.29) is 18.0 Å². The lowest BCUT2D eigenvalue weighted by atomic mass is 10.1. The third kappa shape index (κ3) is 6.18. The molecule has 0 bridgehead atoms. The molecule has 0 aliphatic carbocycles. The van der Waals surface area contributed by atoms with Crippen LogP contribution in [0.15, 0.2) is 41.2 Å². The summed E-state index contributed by atoms with van der Waals surface area (Å²) < 4.78 is 1.22. The van der Waals surface area contributed by atoms with Crippen molar-refractivity contribution in [3.63, 3.8) is 0 Å². The average molecular weight is 341 g/mol. The molecular formula is C20H27N3O2. The summed E-state index contributed by atoms with van der Waals surface area (Å²) in [4.78, 5) is 24.0. The van der Waals surface area contributed by atoms with Crippen LogP contribution in [0.4, 0.5) is 0 Å². The van der Waals surface area contributed by atoms with Crippen LogP contribution in [0, 0.1) is 6.92 Å². The summed E-state index contributed by atoms with van der Waals surface area (Å²) in [6, 6.07) is 11.1. The molecular weight excluding hydrogens is 314 g/mol. The van der Waals surface area contributed by atoms with Crippen molar-refractivity contribution in [2.24, 2.45) is 0 Å². The van der Waals surface area contributed by atoms with Gasteiger partial charge in [0, 0.05) is 18.2 Å². The molecule has 0 saturated carbocycles. The van der Waals surface area contributed by atoms with E-state index < -0.39 is 0 Å². The van der Waals surface area contributed by atoms with Gasteiger partial charge in [0.1, 0.15) is 6.54 Å². The van der Waals surface area contributed by atoms with E-state index in [1.807, 2.05) is 31.2 Å². The van der Waals surface area contributed by atoms with Crippen LogP contribution >= 0.6 is 0 Å². The fourth-order valence-corrected chi connectivity index (χ4v) is 2.59. The monoisotopic (exact) mass is 341 g/mol. The van der Waals surface area contributed by atoms with Crippen molar-refractivity contribution in [3.05, 3.63) is 52.3 Å². The molecule has 2 aromatic rings. The molecule has 5 heteroatoms. The van der Waals surface area contributed by atoms with Crippen LogP contribution in [0.1, 0.15) is 44.6 Å². The van der Waals surface area contributed by atoms with Gasteiger partial charge in [-0.05, 0) is 19.4 Å². The minimum Gasteiger partial charge on any atom is -0.354 e. The number of hydrogen-bond acceptors (Lipinski definition) is 3. The minimum atomic E-state index is -0.269. The van der Waals surface area contributed by atoms with Crippen LogP contribution < -0.4 is 10.9 Å². The number of nitrogens with one attached hydrogen (secondary N) is 1. The molecule has 0 radical (unpaired) electrons. The van der Waals surface area contributed by atoms with Gasteiger partial charge >= 0.3 is 0 Å². The smallest absolute Gasteiger partial charge is 0.267 e. The zero-order valence-electron chi connectivity index (χ0n) is 15.1. The number of carbonyl (C=O) groups is 1. The van der Waals surface area contributed by atoms with E-state index in [9.17, 15) is 9.59 Å². The quantitative estimate of drug-likeness (QED) is 0.712. The Kier molecular flexibility index (Phi) is 7.38. The van der Waals surface area contributed by atoms with Gasteiger partial charge in [0.15, 0.2) is 0 Å². The summed E-state index contributed by atoms with van der Waals surface area (Å²) >= 11 is 0. The first-order valence-electron chi connectivity index (χ1n) is 9.02. The summed E-state index contributed by atoms with van der Waals surface area (Å²) in [6.07, 6.45) is 5.73. The van der Waals surface area contributed by atoms with Crippen molar-refractivity contribution >= 4 is 5.91 Å². The topological polar surface area (TPSA) is 64.0 Å². The normalized spacial score (nSPS) is 10.6. The van der Waals surface area contributed by atoms with E-state index in [0.29, 0.717) is 12.2 Å². The van der Waals surface area contributed by atoms with Gasteiger partial charge < -0.3 is 5.32 Å². The van der Waals surface area contributed by atoms with Crippen molar-refractivity contribution in [1.82, 2.24) is 15.1 Å². The first-order chi connectivity index (χ1) is 12.1. The lowest BCUT2D eigenvalue weighted by molar-refractivity contribution is -0.121. The molecule has 0 aliphatic heterocycles. The maximum atomic E-state index is 12.0. The number of aromatic nitrogens is 2. The summed E-state index contributed by atoms with van der Waals surface area (Å²) in [5.41, 5.74) is 2.51. The molecule has 1 amide bonds. The lowest BCUT2D eigenvalue weighted by Gasteiger charge is -2.08. The Balaban J connectivity index is 1.93. The van der Waals surface area contributed by atoms with E-state index >= 15 is 0 Å². The Morgan fingerprint density at radius 3 is 2.48 bits per heavy atom. The number of benzene rings is 1. The van der Waals surface area contributed by atoms with Crippen molar-refractivity contribution in [1.29, 1.82) is 0 Å². The van der Waals surface area contributed by atoms with Crippen molar-refractivity contribution in [2.75, 3.05) is 6.54 Å². The highest BCUT2D eigenvalue weighted by Crippen LogP contribution is 2.15. The average Bonchev–Trinajstić information content (AvgIpc) is 2.61. The molecule has 0 aliphatic rings. The van der Waals surface area contributed by atoms with E-state index in [0.717, 1.165) is 24.0 Å². The zero-order chi connectivity index (χ0) is 18.1. The first-order valence-corrected chi connectivity index (χ1v) is 9.02. The fourth-order valence-electron chi connectivity index (χ4n) is 2.59. The van der Waals surface area contributed by atoms with E-state index in [2.05, 4.69) is 17.3 Å². The SMILES string of the molecule is CCCCCCCNC(=O)Cn1nc(-c2ccc(C)cc2)ccc1=O. The lowest BCUT2D eigenvalue weighted by Crippen LogP contribution is -2.34. The number of carbonyl (C=O) groups excluding carboxylic acids is 1. The second-order valence-corrected chi connectivity index (χ2v) is 6.34. The Bertz CT molecular complexity index is 735. The molecule has 25 heavy (non-hydrogen) atoms. The molecule has 0 fully saturated rings. The van der Waals surface area contributed by atoms with E-state index in [1.54, 1.807) is 6.07 Å². The number of nitrogens with zero attached hydrogens (tertiary/aromatic N) is 2. The largest absolute Gasteiger partial charge is 0.354 e. The molecule has 2 rings (SSSR count). The first kappa shape index (κ1) is 18.9. The van der Waals surface area contributed by atoms with Crippen LogP contribution in [0.25, 0.3) is 11.3 Å². The standard InChI is InChI=1S/C20H27N3O2/c1-3-4-5-6-7-14-21-19(24)15-23-20(25)13-12-18(22-23)17-10-8-16(2)9-11-17/h8-13H,3-7,14-15H2,1-2H3,(H,21,24). The maximum Gasteiger partial charge on any atom is 0.267 e. The molecule has 1 N–H and O–H groups in total. The second-order valence-electron chi connectivity index (χ2n) is 6.34. The summed E-state index contributed by atoms with van der Waals surface area (Å²) in [7, 11) is 0. The Morgan fingerprint density at radius 1 is 1.04 bits per heavy atom. The van der Waals surface area contributed by atoms with Crippen LogP contribution in [0.5, 0.6) is 0 Å². The molecule has 1 aromatic heterocycles. The van der Waals surface area contributed by atoms with Gasteiger partial charge in [-0.3, -0.25) is 9.59 Å². The fraction of sp³-hybridized carbons (Fsp3) is 0.450. The predicted molar refractivity (Wildman–Crippen MR) is 100 cm³/mol. The number of rotatable bonds is 9. The molecule has 5 nitrogen and oxygen atoms in total. The highest BCUT2D eigenvalue weighted by Gasteiger charge is 2.07. The van der Waals surface area contributed by atoms with E-state index in [1.165, 1.54) is 30.0 Å². The zero-order valence-corrected chi connectivity index (χ0v) is 15.1. The minimum absolute atomic E-state index is 0.0481. The van der Waals surface area contributed by atoms with Crippen LogP contribution in [0.3, 0.4) is 0 Å². The molecule has 0 saturated heterocycles. The second kappa shape index (κ2) is 9.77. The number of hydrogen-bond donors (Lipinski definition) is 1. The van der Waals surface area contributed by atoms with Gasteiger partial charge in [0.05, 0.1) is 5.69 Å². The predicted octanol–water partition coefficient (Wildman–Crippen LogP) is 3.31. The molecule has 134 valence electrons. The number of aryl methyl sites for hydroxylation is 1. The van der Waals surface area contributed by atoms with Crippen LogP contribution in [-0.4, -0.2) is 22.2 Å². The van der Waals surface area contributed by atoms with Crippen molar-refractivity contribution in [3.8, 4) is 11.3 Å². The van der Waals surface area contributed by atoms with Crippen molar-refractivity contribution < 1.29 is 4.79 Å². The highest BCUT2D eigenvalue weighted by molar-refractivity contribution is 5.75. The summed E-state index contributed by atoms with van der Waals surface area (Å²) in [5.74, 6) is -0.175. The molecule has 0 unspecified atom stereocenters. The molecule has 1 heterocycles. The van der Waals surface area contributed by atoms with Gasteiger partial charge in [-0.25, -0.2) is 4.68 Å². The number of amides is 1. The van der Waals surface area contributed by atoms with Gasteiger partial charge in [0.2, 0.25) is 5.91 Å². The van der Waals surface area contributed by atoms with Crippen molar-refractivity contribution in [2.45, 2.75) is 52.5 Å². The Hall–Kier alpha value is -2.43. The maximum absolute atomic E-state index is 12.0. The van der Waals surface area contributed by atoms with E-state index in [4.69, 9.17) is 0 Å². The van der Waals surface area contributed by atoms with Crippen LogP contribution in [-0.2, 0) is 11.3 Å². The molecule has 0 spiro atoms. The van der Waals surface area contributed by atoms with Gasteiger partial charge in [-0.2, -0.15) is 5.10 Å². The third-order valence-electron chi connectivity index (χ3n) is 4.11.